The molecule has 0 bridgehead atoms. The van der Waals surface area contributed by atoms with Crippen LogP contribution < -0.4 is 0 Å². The minimum atomic E-state index is 0.650. The van der Waals surface area contributed by atoms with Gasteiger partial charge >= 0.3 is 0 Å². The smallest absolute Gasteiger partial charge is 0.0719 e. The summed E-state index contributed by atoms with van der Waals surface area (Å²) in [5.41, 5.74) is 2.29. The van der Waals surface area contributed by atoms with Crippen LogP contribution in [0.3, 0.4) is 0 Å². The fourth-order valence-electron chi connectivity index (χ4n) is 1.09. The average Bonchev–Trinajstić information content (AvgIpc) is 2.09. The standard InChI is InChI=1S/C11H13O/c1-3-6-10-7-4-5-8-11(10)9-12-2/h3-6,8H,9H2,1-2H3/b6-3-. The summed E-state index contributed by atoms with van der Waals surface area (Å²) in [6.45, 7) is 2.65. The molecule has 0 aromatic heterocycles. The van der Waals surface area contributed by atoms with Crippen LogP contribution in [0.4, 0.5) is 0 Å². The van der Waals surface area contributed by atoms with Gasteiger partial charge < -0.3 is 4.74 Å². The van der Waals surface area contributed by atoms with E-state index >= 15 is 0 Å². The predicted molar refractivity (Wildman–Crippen MR) is 50.7 cm³/mol. The van der Waals surface area contributed by atoms with Crippen molar-refractivity contribution >= 4 is 6.08 Å². The maximum Gasteiger partial charge on any atom is 0.0719 e. The molecule has 63 valence electrons. The van der Waals surface area contributed by atoms with Crippen molar-refractivity contribution in [1.29, 1.82) is 0 Å². The minimum Gasteiger partial charge on any atom is -0.380 e. The van der Waals surface area contributed by atoms with Crippen molar-refractivity contribution in [3.63, 3.8) is 0 Å². The predicted octanol–water partition coefficient (Wildman–Crippen LogP) is 2.67. The lowest BCUT2D eigenvalue weighted by Gasteiger charge is -2.02. The third-order valence-corrected chi connectivity index (χ3v) is 1.61. The molecule has 1 heteroatoms. The van der Waals surface area contributed by atoms with Crippen LogP contribution in [-0.2, 0) is 11.3 Å². The Hall–Kier alpha value is -1.08. The van der Waals surface area contributed by atoms with Crippen LogP contribution in [0.1, 0.15) is 18.1 Å². The topological polar surface area (TPSA) is 9.23 Å². The van der Waals surface area contributed by atoms with Gasteiger partial charge in [0.15, 0.2) is 0 Å². The molecule has 0 N–H and O–H groups in total. The molecular weight excluding hydrogens is 148 g/mol. The number of hydrogen-bond donors (Lipinski definition) is 0. The van der Waals surface area contributed by atoms with Crippen molar-refractivity contribution in [3.8, 4) is 0 Å². The first-order valence-electron chi connectivity index (χ1n) is 3.99. The molecule has 0 fully saturated rings. The average molecular weight is 161 g/mol. The Bertz CT molecular complexity index is 263. The van der Waals surface area contributed by atoms with Gasteiger partial charge in [-0.15, -0.1) is 0 Å². The van der Waals surface area contributed by atoms with E-state index in [0.29, 0.717) is 6.61 Å². The van der Waals surface area contributed by atoms with Gasteiger partial charge in [-0.2, -0.15) is 0 Å². The molecule has 0 saturated heterocycles. The molecule has 1 aromatic carbocycles. The van der Waals surface area contributed by atoms with Gasteiger partial charge in [-0.25, -0.2) is 0 Å². The molecule has 0 amide bonds. The molecule has 0 aliphatic rings. The molecular formula is C11H13O. The Morgan fingerprint density at radius 2 is 2.42 bits per heavy atom. The van der Waals surface area contributed by atoms with Crippen molar-refractivity contribution in [3.05, 3.63) is 41.5 Å². The molecule has 0 aliphatic carbocycles. The van der Waals surface area contributed by atoms with Crippen LogP contribution in [0.2, 0.25) is 0 Å². The van der Waals surface area contributed by atoms with Crippen LogP contribution >= 0.6 is 0 Å². The summed E-state index contributed by atoms with van der Waals surface area (Å²) in [6, 6.07) is 9.09. The number of hydrogen-bond acceptors (Lipinski definition) is 1. The van der Waals surface area contributed by atoms with Crippen LogP contribution in [0.15, 0.2) is 24.3 Å². The van der Waals surface area contributed by atoms with Gasteiger partial charge in [0.1, 0.15) is 0 Å². The highest BCUT2D eigenvalue weighted by Crippen LogP contribution is 2.10. The second-order valence-electron chi connectivity index (χ2n) is 2.54. The first-order chi connectivity index (χ1) is 5.88. The van der Waals surface area contributed by atoms with E-state index in [1.807, 2.05) is 31.2 Å². The first-order valence-corrected chi connectivity index (χ1v) is 3.99. The highest BCUT2D eigenvalue weighted by molar-refractivity contribution is 5.52. The highest BCUT2D eigenvalue weighted by atomic mass is 16.5. The normalized spacial score (nSPS) is 10.8. The van der Waals surface area contributed by atoms with Crippen LogP contribution in [-0.4, -0.2) is 7.11 Å². The summed E-state index contributed by atoms with van der Waals surface area (Å²) in [7, 11) is 1.70. The maximum atomic E-state index is 5.06. The third-order valence-electron chi connectivity index (χ3n) is 1.61. The molecule has 0 unspecified atom stereocenters. The Labute approximate surface area is 73.7 Å². The maximum absolute atomic E-state index is 5.06. The van der Waals surface area contributed by atoms with Crippen molar-refractivity contribution in [2.45, 2.75) is 13.5 Å². The second kappa shape index (κ2) is 4.73. The molecule has 1 nitrogen and oxygen atoms in total. The lowest BCUT2D eigenvalue weighted by molar-refractivity contribution is 0.184. The van der Waals surface area contributed by atoms with Gasteiger partial charge in [0.25, 0.3) is 0 Å². The van der Waals surface area contributed by atoms with Gasteiger partial charge in [0, 0.05) is 7.11 Å². The molecule has 12 heavy (non-hydrogen) atoms. The van der Waals surface area contributed by atoms with Crippen molar-refractivity contribution in [1.82, 2.24) is 0 Å². The fourth-order valence-corrected chi connectivity index (χ4v) is 1.09. The number of rotatable bonds is 3. The lowest BCUT2D eigenvalue weighted by Crippen LogP contribution is -1.90. The van der Waals surface area contributed by atoms with Gasteiger partial charge in [-0.1, -0.05) is 30.4 Å². The number of benzene rings is 1. The van der Waals surface area contributed by atoms with Gasteiger partial charge in [0.2, 0.25) is 0 Å². The monoisotopic (exact) mass is 161 g/mol. The van der Waals surface area contributed by atoms with Crippen LogP contribution in [0, 0.1) is 6.07 Å². The van der Waals surface area contributed by atoms with Gasteiger partial charge in [-0.3, -0.25) is 0 Å². The number of allylic oxidation sites excluding steroid dienone is 1. The zero-order chi connectivity index (χ0) is 8.81. The van der Waals surface area contributed by atoms with E-state index in [1.54, 1.807) is 7.11 Å². The summed E-state index contributed by atoms with van der Waals surface area (Å²) in [5, 5.41) is 0. The van der Waals surface area contributed by atoms with Crippen molar-refractivity contribution in [2.75, 3.05) is 7.11 Å². The molecule has 1 radical (unpaired) electrons. The number of methoxy groups -OCH3 is 1. The molecule has 0 spiro atoms. The van der Waals surface area contributed by atoms with E-state index < -0.39 is 0 Å². The zero-order valence-corrected chi connectivity index (χ0v) is 7.50. The third kappa shape index (κ3) is 2.21. The van der Waals surface area contributed by atoms with Crippen LogP contribution in [0.5, 0.6) is 0 Å². The number of ether oxygens (including phenoxy) is 1. The molecule has 1 aromatic rings. The largest absolute Gasteiger partial charge is 0.380 e. The molecule has 0 heterocycles. The Morgan fingerprint density at radius 3 is 3.08 bits per heavy atom. The Balaban J connectivity index is 2.91. The van der Waals surface area contributed by atoms with E-state index in [-0.39, 0.29) is 0 Å². The summed E-state index contributed by atoms with van der Waals surface area (Å²) >= 11 is 0. The molecule has 0 aliphatic heterocycles. The molecule has 0 saturated carbocycles. The summed E-state index contributed by atoms with van der Waals surface area (Å²) < 4.78 is 5.06. The van der Waals surface area contributed by atoms with Crippen molar-refractivity contribution < 1.29 is 4.74 Å². The van der Waals surface area contributed by atoms with Gasteiger partial charge in [-0.05, 0) is 24.1 Å². The SMILES string of the molecule is C/C=C\c1[c]cccc1COC. The van der Waals surface area contributed by atoms with E-state index in [2.05, 4.69) is 12.1 Å². The Morgan fingerprint density at radius 1 is 1.58 bits per heavy atom. The Kier molecular flexibility index (Phi) is 3.55. The first kappa shape index (κ1) is 9.01. The van der Waals surface area contributed by atoms with E-state index in [4.69, 9.17) is 4.74 Å². The minimum absolute atomic E-state index is 0.650. The summed E-state index contributed by atoms with van der Waals surface area (Å²) in [5.74, 6) is 0. The van der Waals surface area contributed by atoms with Gasteiger partial charge in [0.05, 0.1) is 6.61 Å². The summed E-state index contributed by atoms with van der Waals surface area (Å²) in [4.78, 5) is 0. The summed E-state index contributed by atoms with van der Waals surface area (Å²) in [6.07, 6.45) is 4.04. The fraction of sp³-hybridized carbons (Fsp3) is 0.273. The van der Waals surface area contributed by atoms with Crippen LogP contribution in [0.25, 0.3) is 6.08 Å². The lowest BCUT2D eigenvalue weighted by atomic mass is 10.1. The highest BCUT2D eigenvalue weighted by Gasteiger charge is 1.96. The molecule has 0 atom stereocenters. The molecule has 1 rings (SSSR count). The quantitative estimate of drug-likeness (QED) is 0.662. The van der Waals surface area contributed by atoms with E-state index in [9.17, 15) is 0 Å². The van der Waals surface area contributed by atoms with E-state index in [1.165, 1.54) is 5.56 Å². The van der Waals surface area contributed by atoms with Crippen molar-refractivity contribution in [2.24, 2.45) is 0 Å². The zero-order valence-electron chi connectivity index (χ0n) is 7.50. The van der Waals surface area contributed by atoms with E-state index in [0.717, 1.165) is 5.56 Å². The second-order valence-corrected chi connectivity index (χ2v) is 2.54.